The van der Waals surface area contributed by atoms with Crippen LogP contribution >= 0.6 is 0 Å². The summed E-state index contributed by atoms with van der Waals surface area (Å²) in [5.74, 6) is 0. The van der Waals surface area contributed by atoms with Crippen molar-refractivity contribution in [3.05, 3.63) is 47.5 Å². The normalized spacial score (nSPS) is 12.2. The summed E-state index contributed by atoms with van der Waals surface area (Å²) in [7, 11) is 0. The Morgan fingerprint density at radius 2 is 1.50 bits per heavy atom. The summed E-state index contributed by atoms with van der Waals surface area (Å²) in [6, 6.07) is 12.4. The van der Waals surface area contributed by atoms with Gasteiger partial charge in [0.25, 0.3) is 0 Å². The SMILES string of the molecule is CCc1c(C(C)(C)C)ccc2nc3ccccc3nc12. The first-order chi connectivity index (χ1) is 9.50. The molecule has 102 valence electrons. The van der Waals surface area contributed by atoms with Crippen molar-refractivity contribution in [2.75, 3.05) is 0 Å². The molecule has 0 amide bonds. The van der Waals surface area contributed by atoms with Crippen LogP contribution in [0, 0.1) is 0 Å². The molecule has 0 saturated carbocycles. The number of aromatic nitrogens is 2. The van der Waals surface area contributed by atoms with Crippen LogP contribution in [-0.2, 0) is 11.8 Å². The first-order valence-corrected chi connectivity index (χ1v) is 7.19. The molecule has 0 N–H and O–H groups in total. The van der Waals surface area contributed by atoms with Crippen LogP contribution in [-0.4, -0.2) is 9.97 Å². The molecule has 0 aliphatic heterocycles. The first-order valence-electron chi connectivity index (χ1n) is 7.19. The Morgan fingerprint density at radius 1 is 0.850 bits per heavy atom. The summed E-state index contributed by atoms with van der Waals surface area (Å²) in [5.41, 5.74) is 6.82. The van der Waals surface area contributed by atoms with Crippen molar-refractivity contribution in [2.45, 2.75) is 39.5 Å². The highest BCUT2D eigenvalue weighted by Crippen LogP contribution is 2.31. The number of hydrogen-bond acceptors (Lipinski definition) is 2. The molecule has 0 spiro atoms. The van der Waals surface area contributed by atoms with Crippen LogP contribution in [0.3, 0.4) is 0 Å². The molecule has 0 bridgehead atoms. The Kier molecular flexibility index (Phi) is 2.97. The predicted molar refractivity (Wildman–Crippen MR) is 85.1 cm³/mol. The molecule has 2 aromatic carbocycles. The standard InChI is InChI=1S/C18H20N2/c1-5-12-13(18(2,3)4)10-11-16-17(12)20-15-9-7-6-8-14(15)19-16/h6-11H,5H2,1-4H3. The monoisotopic (exact) mass is 264 g/mol. The van der Waals surface area contributed by atoms with Crippen LogP contribution in [0.25, 0.3) is 22.1 Å². The largest absolute Gasteiger partial charge is 0.244 e. The van der Waals surface area contributed by atoms with Gasteiger partial charge in [-0.1, -0.05) is 45.9 Å². The fourth-order valence-electron chi connectivity index (χ4n) is 2.80. The Bertz CT molecular complexity index is 782. The van der Waals surface area contributed by atoms with Crippen molar-refractivity contribution in [1.29, 1.82) is 0 Å². The maximum atomic E-state index is 4.86. The average molecular weight is 264 g/mol. The van der Waals surface area contributed by atoms with E-state index in [2.05, 4.69) is 39.8 Å². The van der Waals surface area contributed by atoms with Crippen molar-refractivity contribution < 1.29 is 0 Å². The van der Waals surface area contributed by atoms with Crippen LogP contribution in [0.5, 0.6) is 0 Å². The lowest BCUT2D eigenvalue weighted by Crippen LogP contribution is -2.14. The Morgan fingerprint density at radius 3 is 2.10 bits per heavy atom. The molecule has 0 radical (unpaired) electrons. The van der Waals surface area contributed by atoms with Gasteiger partial charge >= 0.3 is 0 Å². The molecule has 0 saturated heterocycles. The number of para-hydroxylation sites is 2. The van der Waals surface area contributed by atoms with Crippen molar-refractivity contribution >= 4 is 22.1 Å². The van der Waals surface area contributed by atoms with E-state index in [4.69, 9.17) is 9.97 Å². The molecule has 0 fully saturated rings. The van der Waals surface area contributed by atoms with Crippen LogP contribution in [0.2, 0.25) is 0 Å². The van der Waals surface area contributed by atoms with Crippen molar-refractivity contribution in [3.8, 4) is 0 Å². The first kappa shape index (κ1) is 13.0. The van der Waals surface area contributed by atoms with Crippen LogP contribution < -0.4 is 0 Å². The lowest BCUT2D eigenvalue weighted by Gasteiger charge is -2.23. The van der Waals surface area contributed by atoms with E-state index >= 15 is 0 Å². The number of rotatable bonds is 1. The predicted octanol–water partition coefficient (Wildman–Crippen LogP) is 4.64. The fraction of sp³-hybridized carbons (Fsp3) is 0.333. The third kappa shape index (κ3) is 2.05. The van der Waals surface area contributed by atoms with E-state index in [-0.39, 0.29) is 5.41 Å². The van der Waals surface area contributed by atoms with Gasteiger partial charge in [-0.2, -0.15) is 0 Å². The average Bonchev–Trinajstić information content (AvgIpc) is 2.42. The molecule has 1 aromatic heterocycles. The lowest BCUT2D eigenvalue weighted by molar-refractivity contribution is 0.584. The van der Waals surface area contributed by atoms with E-state index in [1.807, 2.05) is 24.3 Å². The second-order valence-electron chi connectivity index (χ2n) is 6.28. The zero-order valence-corrected chi connectivity index (χ0v) is 12.6. The molecule has 3 aromatic rings. The minimum atomic E-state index is 0.132. The lowest BCUT2D eigenvalue weighted by atomic mass is 9.82. The Labute approximate surface area is 119 Å². The molecule has 0 unspecified atom stereocenters. The molecule has 2 heteroatoms. The second kappa shape index (κ2) is 4.55. The number of nitrogens with zero attached hydrogens (tertiary/aromatic N) is 2. The van der Waals surface area contributed by atoms with E-state index in [1.54, 1.807) is 0 Å². The van der Waals surface area contributed by atoms with E-state index in [0.29, 0.717) is 0 Å². The number of hydrogen-bond donors (Lipinski definition) is 0. The molecule has 0 atom stereocenters. The Balaban J connectivity index is 2.41. The minimum absolute atomic E-state index is 0.132. The van der Waals surface area contributed by atoms with E-state index in [1.165, 1.54) is 11.1 Å². The van der Waals surface area contributed by atoms with Gasteiger partial charge in [-0.05, 0) is 41.2 Å². The molecule has 0 aliphatic rings. The molecular formula is C18H20N2. The molecular weight excluding hydrogens is 244 g/mol. The van der Waals surface area contributed by atoms with Gasteiger partial charge in [0.1, 0.15) is 0 Å². The minimum Gasteiger partial charge on any atom is -0.244 e. The van der Waals surface area contributed by atoms with Crippen LogP contribution in [0.1, 0.15) is 38.8 Å². The third-order valence-electron chi connectivity index (χ3n) is 3.78. The molecule has 3 rings (SSSR count). The second-order valence-corrected chi connectivity index (χ2v) is 6.28. The highest BCUT2D eigenvalue weighted by Gasteiger charge is 2.19. The smallest absolute Gasteiger partial charge is 0.0929 e. The highest BCUT2D eigenvalue weighted by molar-refractivity contribution is 5.88. The highest BCUT2D eigenvalue weighted by atomic mass is 14.8. The quantitative estimate of drug-likeness (QED) is 0.598. The maximum absolute atomic E-state index is 4.86. The third-order valence-corrected chi connectivity index (χ3v) is 3.78. The number of fused-ring (bicyclic) bond motifs is 2. The van der Waals surface area contributed by atoms with Gasteiger partial charge in [0.2, 0.25) is 0 Å². The van der Waals surface area contributed by atoms with E-state index < -0.39 is 0 Å². The van der Waals surface area contributed by atoms with Gasteiger partial charge in [-0.25, -0.2) is 9.97 Å². The topological polar surface area (TPSA) is 25.8 Å². The Hall–Kier alpha value is -1.96. The van der Waals surface area contributed by atoms with Gasteiger partial charge in [0.05, 0.1) is 22.1 Å². The molecule has 0 aliphatic carbocycles. The molecule has 2 nitrogen and oxygen atoms in total. The summed E-state index contributed by atoms with van der Waals surface area (Å²) >= 11 is 0. The van der Waals surface area contributed by atoms with E-state index in [9.17, 15) is 0 Å². The zero-order valence-electron chi connectivity index (χ0n) is 12.6. The maximum Gasteiger partial charge on any atom is 0.0929 e. The molecule has 20 heavy (non-hydrogen) atoms. The van der Waals surface area contributed by atoms with Crippen LogP contribution in [0.15, 0.2) is 36.4 Å². The van der Waals surface area contributed by atoms with Crippen molar-refractivity contribution in [3.63, 3.8) is 0 Å². The van der Waals surface area contributed by atoms with Crippen molar-refractivity contribution in [2.24, 2.45) is 0 Å². The van der Waals surface area contributed by atoms with Crippen LogP contribution in [0.4, 0.5) is 0 Å². The van der Waals surface area contributed by atoms with Gasteiger partial charge in [0, 0.05) is 0 Å². The van der Waals surface area contributed by atoms with Crippen molar-refractivity contribution in [1.82, 2.24) is 9.97 Å². The van der Waals surface area contributed by atoms with Gasteiger partial charge < -0.3 is 0 Å². The van der Waals surface area contributed by atoms with Gasteiger partial charge in [0.15, 0.2) is 0 Å². The summed E-state index contributed by atoms with van der Waals surface area (Å²) in [4.78, 5) is 9.61. The summed E-state index contributed by atoms with van der Waals surface area (Å²) in [5, 5.41) is 0. The summed E-state index contributed by atoms with van der Waals surface area (Å²) in [6.45, 7) is 8.95. The summed E-state index contributed by atoms with van der Waals surface area (Å²) in [6.07, 6.45) is 0.983. The zero-order chi connectivity index (χ0) is 14.3. The number of aryl methyl sites for hydroxylation is 1. The summed E-state index contributed by atoms with van der Waals surface area (Å²) < 4.78 is 0. The molecule has 1 heterocycles. The van der Waals surface area contributed by atoms with Gasteiger partial charge in [-0.15, -0.1) is 0 Å². The van der Waals surface area contributed by atoms with E-state index in [0.717, 1.165) is 28.5 Å². The number of benzene rings is 2. The fourth-order valence-corrected chi connectivity index (χ4v) is 2.80. The van der Waals surface area contributed by atoms with Gasteiger partial charge in [-0.3, -0.25) is 0 Å².